The number of nitrogens with zero attached hydrogens (tertiary/aromatic N) is 3. The summed E-state index contributed by atoms with van der Waals surface area (Å²) in [5.74, 6) is 1.27. The number of aliphatic imine (C=N–C) groups is 1. The van der Waals surface area contributed by atoms with Crippen molar-refractivity contribution in [3.8, 4) is 28.7 Å². The molecule has 1 amide bonds. The van der Waals surface area contributed by atoms with E-state index in [2.05, 4.69) is 11.1 Å². The zero-order valence-corrected chi connectivity index (χ0v) is 18.3. The SMILES string of the molecule is COc1cccc(C2CC3(N=C(N)N(C)C3=O)c3cc(-c4cccc(C#N)c4)ccc3O2)c1. The first-order chi connectivity index (χ1) is 15.9. The molecule has 164 valence electrons. The average Bonchev–Trinajstić information content (AvgIpc) is 3.07. The number of fused-ring (bicyclic) bond motifs is 2. The van der Waals surface area contributed by atoms with Crippen LogP contribution in [0.4, 0.5) is 0 Å². The molecule has 3 aromatic carbocycles. The van der Waals surface area contributed by atoms with Crippen LogP contribution < -0.4 is 15.2 Å². The molecule has 0 aromatic heterocycles. The van der Waals surface area contributed by atoms with Gasteiger partial charge in [-0.25, -0.2) is 4.99 Å². The molecule has 2 aliphatic rings. The summed E-state index contributed by atoms with van der Waals surface area (Å²) in [6.07, 6.45) is -0.106. The van der Waals surface area contributed by atoms with Crippen LogP contribution in [0.15, 0.2) is 71.7 Å². The standard InChI is InChI=1S/C26H22N4O3/c1-30-24(31)26(29-25(30)28)14-23(19-7-4-8-20(12-19)32-2)33-22-10-9-18(13-21(22)26)17-6-3-5-16(11-17)15-27/h3-13,23H,14H2,1-2H3,(H2,28,29). The minimum atomic E-state index is -1.19. The van der Waals surface area contributed by atoms with Gasteiger partial charge in [0.25, 0.3) is 5.91 Å². The van der Waals surface area contributed by atoms with Crippen molar-refractivity contribution in [3.63, 3.8) is 0 Å². The minimum absolute atomic E-state index is 0.175. The van der Waals surface area contributed by atoms with Crippen LogP contribution in [-0.2, 0) is 10.3 Å². The fourth-order valence-corrected chi connectivity index (χ4v) is 4.51. The van der Waals surface area contributed by atoms with Crippen LogP contribution >= 0.6 is 0 Å². The Morgan fingerprint density at radius 3 is 2.67 bits per heavy atom. The summed E-state index contributed by atoms with van der Waals surface area (Å²) in [6.45, 7) is 0. The van der Waals surface area contributed by atoms with Gasteiger partial charge in [0.05, 0.1) is 18.7 Å². The predicted octanol–water partition coefficient (Wildman–Crippen LogP) is 3.74. The van der Waals surface area contributed by atoms with Crippen molar-refractivity contribution in [3.05, 3.63) is 83.4 Å². The van der Waals surface area contributed by atoms with Gasteiger partial charge in [-0.15, -0.1) is 0 Å². The highest BCUT2D eigenvalue weighted by Crippen LogP contribution is 2.50. The molecule has 3 aromatic rings. The zero-order chi connectivity index (χ0) is 23.2. The smallest absolute Gasteiger partial charge is 0.261 e. The summed E-state index contributed by atoms with van der Waals surface area (Å²) >= 11 is 0. The molecular formula is C26H22N4O3. The van der Waals surface area contributed by atoms with Gasteiger partial charge in [0.2, 0.25) is 0 Å². The highest BCUT2D eigenvalue weighted by atomic mass is 16.5. The zero-order valence-electron chi connectivity index (χ0n) is 18.3. The predicted molar refractivity (Wildman–Crippen MR) is 124 cm³/mol. The van der Waals surface area contributed by atoms with Crippen LogP contribution in [0, 0.1) is 11.3 Å². The van der Waals surface area contributed by atoms with Crippen molar-refractivity contribution in [2.75, 3.05) is 14.2 Å². The molecule has 33 heavy (non-hydrogen) atoms. The Morgan fingerprint density at radius 2 is 1.94 bits per heavy atom. The number of nitrogens with two attached hydrogens (primary N) is 1. The molecule has 0 saturated carbocycles. The number of carbonyl (C=O) groups is 1. The molecule has 0 aliphatic carbocycles. The lowest BCUT2D eigenvalue weighted by molar-refractivity contribution is -0.132. The van der Waals surface area contributed by atoms with E-state index in [0.29, 0.717) is 29.0 Å². The van der Waals surface area contributed by atoms with E-state index < -0.39 is 11.6 Å². The molecule has 2 unspecified atom stereocenters. The second-order valence-corrected chi connectivity index (χ2v) is 8.19. The number of likely N-dealkylation sites (N-methyl/N-ethyl adjacent to an activating group) is 1. The molecule has 0 bridgehead atoms. The summed E-state index contributed by atoms with van der Waals surface area (Å²) in [5.41, 5.74) is 8.77. The number of hydrogen-bond acceptors (Lipinski definition) is 6. The summed E-state index contributed by atoms with van der Waals surface area (Å²) in [5, 5.41) is 9.28. The van der Waals surface area contributed by atoms with Gasteiger partial charge in [-0.1, -0.05) is 30.3 Å². The van der Waals surface area contributed by atoms with Crippen molar-refractivity contribution < 1.29 is 14.3 Å². The van der Waals surface area contributed by atoms with Gasteiger partial charge in [-0.3, -0.25) is 9.69 Å². The first-order valence-corrected chi connectivity index (χ1v) is 10.5. The fourth-order valence-electron chi connectivity index (χ4n) is 4.51. The first-order valence-electron chi connectivity index (χ1n) is 10.5. The van der Waals surface area contributed by atoms with Gasteiger partial charge in [0.15, 0.2) is 11.5 Å². The van der Waals surface area contributed by atoms with Crippen molar-refractivity contribution in [2.24, 2.45) is 10.7 Å². The molecular weight excluding hydrogens is 416 g/mol. The summed E-state index contributed by atoms with van der Waals surface area (Å²) in [4.78, 5) is 19.6. The second kappa shape index (κ2) is 7.68. The molecule has 0 radical (unpaired) electrons. The highest BCUT2D eigenvalue weighted by molar-refractivity contribution is 6.07. The van der Waals surface area contributed by atoms with E-state index in [1.807, 2.05) is 60.7 Å². The van der Waals surface area contributed by atoms with E-state index in [4.69, 9.17) is 15.2 Å². The van der Waals surface area contributed by atoms with E-state index in [1.54, 1.807) is 20.2 Å². The van der Waals surface area contributed by atoms with E-state index >= 15 is 0 Å². The maximum absolute atomic E-state index is 13.5. The third-order valence-corrected chi connectivity index (χ3v) is 6.27. The lowest BCUT2D eigenvalue weighted by atomic mass is 9.79. The van der Waals surface area contributed by atoms with Crippen LogP contribution in [0.2, 0.25) is 0 Å². The molecule has 2 aliphatic heterocycles. The van der Waals surface area contributed by atoms with Crippen molar-refractivity contribution in [1.29, 1.82) is 5.26 Å². The average molecular weight is 438 g/mol. The maximum Gasteiger partial charge on any atom is 0.261 e. The Hall–Kier alpha value is -4.31. The van der Waals surface area contributed by atoms with E-state index in [-0.39, 0.29) is 11.9 Å². The monoisotopic (exact) mass is 438 g/mol. The molecule has 0 fully saturated rings. The van der Waals surface area contributed by atoms with Crippen molar-refractivity contribution in [2.45, 2.75) is 18.1 Å². The highest BCUT2D eigenvalue weighted by Gasteiger charge is 2.53. The van der Waals surface area contributed by atoms with E-state index in [0.717, 1.165) is 16.7 Å². The summed E-state index contributed by atoms with van der Waals surface area (Å²) in [6, 6.07) is 22.8. The second-order valence-electron chi connectivity index (χ2n) is 8.19. The van der Waals surface area contributed by atoms with Gasteiger partial charge in [0, 0.05) is 19.0 Å². The normalized spacial score (nSPS) is 21.2. The van der Waals surface area contributed by atoms with Crippen LogP contribution in [0.3, 0.4) is 0 Å². The lowest BCUT2D eigenvalue weighted by Crippen LogP contribution is -2.43. The summed E-state index contributed by atoms with van der Waals surface area (Å²) < 4.78 is 11.7. The Kier molecular flexibility index (Phi) is 4.79. The Bertz CT molecular complexity index is 1340. The number of amides is 1. The number of rotatable bonds is 3. The van der Waals surface area contributed by atoms with Gasteiger partial charge >= 0.3 is 0 Å². The Labute approximate surface area is 191 Å². The number of methoxy groups -OCH3 is 1. The molecule has 5 rings (SSSR count). The van der Waals surface area contributed by atoms with Gasteiger partial charge < -0.3 is 15.2 Å². The van der Waals surface area contributed by atoms with Gasteiger partial charge in [-0.2, -0.15) is 5.26 Å². The van der Waals surface area contributed by atoms with E-state index in [9.17, 15) is 10.1 Å². The van der Waals surface area contributed by atoms with E-state index in [1.165, 1.54) is 4.90 Å². The lowest BCUT2D eigenvalue weighted by Gasteiger charge is -2.37. The number of nitriles is 1. The van der Waals surface area contributed by atoms with Crippen LogP contribution in [0.5, 0.6) is 11.5 Å². The third-order valence-electron chi connectivity index (χ3n) is 6.27. The van der Waals surface area contributed by atoms with Crippen molar-refractivity contribution >= 4 is 11.9 Å². The number of ether oxygens (including phenoxy) is 2. The summed E-state index contributed by atoms with van der Waals surface area (Å²) in [7, 11) is 3.24. The molecule has 1 spiro atoms. The Morgan fingerprint density at radius 1 is 1.15 bits per heavy atom. The number of benzene rings is 3. The molecule has 2 N–H and O–H groups in total. The molecule has 0 saturated heterocycles. The molecule has 2 heterocycles. The quantitative estimate of drug-likeness (QED) is 0.671. The topological polar surface area (TPSA) is 101 Å². The number of guanidine groups is 1. The minimum Gasteiger partial charge on any atom is -0.497 e. The maximum atomic E-state index is 13.5. The first kappa shape index (κ1) is 20.6. The van der Waals surface area contributed by atoms with Crippen molar-refractivity contribution in [1.82, 2.24) is 4.90 Å². The number of hydrogen-bond donors (Lipinski definition) is 1. The van der Waals surface area contributed by atoms with Crippen LogP contribution in [0.1, 0.15) is 29.2 Å². The molecule has 2 atom stereocenters. The van der Waals surface area contributed by atoms with Gasteiger partial charge in [-0.05, 0) is 53.1 Å². The molecule has 7 heteroatoms. The Balaban J connectivity index is 1.66. The fraction of sp³-hybridized carbons (Fsp3) is 0.192. The van der Waals surface area contributed by atoms with Gasteiger partial charge in [0.1, 0.15) is 17.6 Å². The van der Waals surface area contributed by atoms with Crippen LogP contribution in [0.25, 0.3) is 11.1 Å². The largest absolute Gasteiger partial charge is 0.497 e. The number of carbonyl (C=O) groups excluding carboxylic acids is 1. The molecule has 7 nitrogen and oxygen atoms in total. The van der Waals surface area contributed by atoms with Crippen LogP contribution in [-0.4, -0.2) is 30.9 Å². The third kappa shape index (κ3) is 3.28.